The van der Waals surface area contributed by atoms with Crippen molar-refractivity contribution in [2.45, 2.75) is 26.2 Å². The Morgan fingerprint density at radius 1 is 0.338 bits per heavy atom. The van der Waals surface area contributed by atoms with E-state index in [1.54, 1.807) is 0 Å². The molecular weight excluding hydrogens is 821 g/mol. The first kappa shape index (κ1) is 39.9. The number of aryl methyl sites for hydroxylation is 1. The lowest BCUT2D eigenvalue weighted by molar-refractivity contribution is 0.660. The second-order valence-corrected chi connectivity index (χ2v) is 18.9. The zero-order chi connectivity index (χ0) is 45.5. The van der Waals surface area contributed by atoms with Gasteiger partial charge < -0.3 is 9.47 Å². The van der Waals surface area contributed by atoms with Crippen molar-refractivity contribution >= 4 is 60.4 Å². The minimum atomic E-state index is -0.254. The van der Waals surface area contributed by atoms with E-state index in [9.17, 15) is 0 Å². The van der Waals surface area contributed by atoms with Crippen molar-refractivity contribution in [3.8, 4) is 50.2 Å². The largest absolute Gasteiger partial charge is 0.310 e. The van der Waals surface area contributed by atoms with Gasteiger partial charge in [-0.1, -0.05) is 189 Å². The highest BCUT2D eigenvalue weighted by molar-refractivity contribution is 6.22. The van der Waals surface area contributed by atoms with Crippen LogP contribution in [0.15, 0.2) is 237 Å². The first-order valence-corrected chi connectivity index (χ1v) is 23.8. The smallest absolute Gasteiger partial charge is 0.0541 e. The van der Waals surface area contributed by atoms with Gasteiger partial charge in [-0.25, -0.2) is 0 Å². The molecule has 12 aromatic rings. The van der Waals surface area contributed by atoms with Crippen molar-refractivity contribution in [2.75, 3.05) is 4.90 Å². The number of rotatable bonds is 7. The standard InChI is InChI=1S/C66H48N2/c1-43-30-37-58-59(40-43)65(55-25-11-10-22-50(55)44-18-6-4-7-19-44)57-27-13-12-26-56(57)64(58)45-31-38-51-52-39-36-49(42-61(52)66(2,3)60(51)41-45)67(46-20-8-5-9-21-46)47-32-34-48(35-33-47)68-62-28-16-14-23-53(62)54-24-15-17-29-63(54)68/h4-42H,1-3H3. The molecule has 0 saturated heterocycles. The third-order valence-electron chi connectivity index (χ3n) is 14.6. The van der Waals surface area contributed by atoms with Gasteiger partial charge >= 0.3 is 0 Å². The average molecular weight is 869 g/mol. The zero-order valence-corrected chi connectivity index (χ0v) is 38.4. The monoisotopic (exact) mass is 868 g/mol. The predicted octanol–water partition coefficient (Wildman–Crippen LogP) is 18.2. The first-order valence-electron chi connectivity index (χ1n) is 23.8. The predicted molar refractivity (Wildman–Crippen MR) is 289 cm³/mol. The maximum atomic E-state index is 2.50. The Balaban J connectivity index is 0.927. The van der Waals surface area contributed by atoms with E-state index in [-0.39, 0.29) is 5.41 Å². The molecule has 322 valence electrons. The lowest BCUT2D eigenvalue weighted by Crippen LogP contribution is -2.16. The molecule has 13 rings (SSSR count). The van der Waals surface area contributed by atoms with Crippen LogP contribution in [0.2, 0.25) is 0 Å². The minimum absolute atomic E-state index is 0.254. The average Bonchev–Trinajstić information content (AvgIpc) is 3.84. The number of anilines is 3. The first-order chi connectivity index (χ1) is 33.4. The maximum absolute atomic E-state index is 2.50. The van der Waals surface area contributed by atoms with Gasteiger partial charge in [-0.15, -0.1) is 0 Å². The molecule has 2 heteroatoms. The van der Waals surface area contributed by atoms with Crippen LogP contribution in [0, 0.1) is 6.92 Å². The maximum Gasteiger partial charge on any atom is 0.0541 e. The van der Waals surface area contributed by atoms with Crippen molar-refractivity contribution in [1.82, 2.24) is 4.57 Å². The number of fused-ring (bicyclic) bond motifs is 8. The van der Waals surface area contributed by atoms with Crippen LogP contribution in [-0.4, -0.2) is 4.57 Å². The Labute approximate surface area is 397 Å². The molecule has 1 aliphatic carbocycles. The van der Waals surface area contributed by atoms with Crippen molar-refractivity contribution in [3.63, 3.8) is 0 Å². The number of nitrogens with zero attached hydrogens (tertiary/aromatic N) is 2. The van der Waals surface area contributed by atoms with Gasteiger partial charge in [0.1, 0.15) is 0 Å². The SMILES string of the molecule is Cc1ccc2c(-c3ccc4c(c3)C(C)(C)c3cc(N(c5ccccc5)c5ccc(-n6c7ccccc7c7ccccc76)cc5)ccc3-4)c3ccccc3c(-c3ccccc3-c3ccccc3)c2c1. The van der Waals surface area contributed by atoms with E-state index in [0.717, 1.165) is 22.7 Å². The molecule has 0 atom stereocenters. The summed E-state index contributed by atoms with van der Waals surface area (Å²) in [6, 6.07) is 87.4. The highest BCUT2D eigenvalue weighted by Gasteiger charge is 2.37. The van der Waals surface area contributed by atoms with Gasteiger partial charge in [0.15, 0.2) is 0 Å². The van der Waals surface area contributed by atoms with Crippen molar-refractivity contribution < 1.29 is 0 Å². The number of aromatic nitrogens is 1. The molecule has 1 aromatic heterocycles. The van der Waals surface area contributed by atoms with Gasteiger partial charge in [-0.2, -0.15) is 0 Å². The van der Waals surface area contributed by atoms with E-state index in [4.69, 9.17) is 0 Å². The second-order valence-electron chi connectivity index (χ2n) is 18.9. The van der Waals surface area contributed by atoms with Gasteiger partial charge in [0.05, 0.1) is 11.0 Å². The highest BCUT2D eigenvalue weighted by Crippen LogP contribution is 2.53. The zero-order valence-electron chi connectivity index (χ0n) is 38.4. The number of benzene rings is 11. The Morgan fingerprint density at radius 3 is 1.54 bits per heavy atom. The fourth-order valence-electron chi connectivity index (χ4n) is 11.5. The van der Waals surface area contributed by atoms with Crippen LogP contribution in [0.1, 0.15) is 30.5 Å². The summed E-state index contributed by atoms with van der Waals surface area (Å²) in [7, 11) is 0. The van der Waals surface area contributed by atoms with Crippen LogP contribution >= 0.6 is 0 Å². The minimum Gasteiger partial charge on any atom is -0.310 e. The normalized spacial score (nSPS) is 12.8. The third-order valence-corrected chi connectivity index (χ3v) is 14.6. The molecule has 0 spiro atoms. The van der Waals surface area contributed by atoms with E-state index >= 15 is 0 Å². The van der Waals surface area contributed by atoms with Crippen LogP contribution in [0.4, 0.5) is 17.1 Å². The molecule has 68 heavy (non-hydrogen) atoms. The Morgan fingerprint density at radius 2 is 0.853 bits per heavy atom. The molecule has 0 aliphatic heterocycles. The molecule has 0 amide bonds. The Kier molecular flexibility index (Phi) is 9.13. The quantitative estimate of drug-likeness (QED) is 0.145. The molecule has 0 bridgehead atoms. The fourth-order valence-corrected chi connectivity index (χ4v) is 11.5. The van der Waals surface area contributed by atoms with E-state index < -0.39 is 0 Å². The third kappa shape index (κ3) is 6.18. The molecule has 2 nitrogen and oxygen atoms in total. The summed E-state index contributed by atoms with van der Waals surface area (Å²) < 4.78 is 2.39. The van der Waals surface area contributed by atoms with Gasteiger partial charge in [-0.3, -0.25) is 0 Å². The van der Waals surface area contributed by atoms with Crippen LogP contribution in [0.5, 0.6) is 0 Å². The lowest BCUT2D eigenvalue weighted by atomic mass is 9.80. The van der Waals surface area contributed by atoms with E-state index in [1.807, 2.05) is 0 Å². The van der Waals surface area contributed by atoms with Gasteiger partial charge in [0.25, 0.3) is 0 Å². The molecule has 1 heterocycles. The fraction of sp³-hybridized carbons (Fsp3) is 0.0606. The summed E-state index contributed by atoms with van der Waals surface area (Å²) in [5, 5.41) is 7.61. The number of hydrogen-bond donors (Lipinski definition) is 0. The van der Waals surface area contributed by atoms with E-state index in [2.05, 4.69) is 267 Å². The summed E-state index contributed by atoms with van der Waals surface area (Å²) in [6.07, 6.45) is 0. The summed E-state index contributed by atoms with van der Waals surface area (Å²) in [4.78, 5) is 2.40. The topological polar surface area (TPSA) is 8.17 Å². The molecule has 0 saturated carbocycles. The van der Waals surface area contributed by atoms with Crippen molar-refractivity contribution in [3.05, 3.63) is 253 Å². The van der Waals surface area contributed by atoms with E-state index in [1.165, 1.54) is 105 Å². The Bertz CT molecular complexity index is 3880. The molecule has 11 aromatic carbocycles. The van der Waals surface area contributed by atoms with Crippen molar-refractivity contribution in [2.24, 2.45) is 0 Å². The highest BCUT2D eigenvalue weighted by atomic mass is 15.1. The summed E-state index contributed by atoms with van der Waals surface area (Å²) in [5.74, 6) is 0. The molecule has 0 radical (unpaired) electrons. The Hall–Kier alpha value is -8.46. The molecule has 0 fully saturated rings. The molecule has 0 unspecified atom stereocenters. The molecular formula is C66H48N2. The van der Waals surface area contributed by atoms with Crippen LogP contribution in [-0.2, 0) is 5.41 Å². The summed E-state index contributed by atoms with van der Waals surface area (Å²) in [5.41, 5.74) is 20.8. The van der Waals surface area contributed by atoms with Crippen LogP contribution in [0.3, 0.4) is 0 Å². The van der Waals surface area contributed by atoms with Crippen LogP contribution < -0.4 is 4.90 Å². The molecule has 1 aliphatic rings. The van der Waals surface area contributed by atoms with E-state index in [0.29, 0.717) is 0 Å². The number of para-hydroxylation sites is 3. The lowest BCUT2D eigenvalue weighted by Gasteiger charge is -2.28. The summed E-state index contributed by atoms with van der Waals surface area (Å²) >= 11 is 0. The van der Waals surface area contributed by atoms with Gasteiger partial charge in [0.2, 0.25) is 0 Å². The summed E-state index contributed by atoms with van der Waals surface area (Å²) in [6.45, 7) is 7.02. The van der Waals surface area contributed by atoms with Gasteiger partial charge in [0, 0.05) is 38.9 Å². The molecule has 0 N–H and O–H groups in total. The van der Waals surface area contributed by atoms with Crippen LogP contribution in [0.25, 0.3) is 93.5 Å². The number of hydrogen-bond acceptors (Lipinski definition) is 1. The second kappa shape index (κ2) is 15.6. The van der Waals surface area contributed by atoms with Gasteiger partial charge in [-0.05, 0) is 151 Å². The van der Waals surface area contributed by atoms with Crippen molar-refractivity contribution in [1.29, 1.82) is 0 Å².